The van der Waals surface area contributed by atoms with Crippen LogP contribution in [0.25, 0.3) is 0 Å². The van der Waals surface area contributed by atoms with Gasteiger partial charge in [0.15, 0.2) is 0 Å². The summed E-state index contributed by atoms with van der Waals surface area (Å²) in [5.74, 6) is 0. The molecule has 0 unspecified atom stereocenters. The number of rotatable bonds is 0. The van der Waals surface area contributed by atoms with Crippen LogP contribution in [0.1, 0.15) is 0 Å². The van der Waals surface area contributed by atoms with Crippen molar-refractivity contribution in [3.05, 3.63) is 12.5 Å². The van der Waals surface area contributed by atoms with Gasteiger partial charge in [-0.05, 0) is 0 Å². The molecule has 1 heterocycles. The first-order valence-electron chi connectivity index (χ1n) is 1.21. The van der Waals surface area contributed by atoms with E-state index in [0.717, 1.165) is 0 Å². The molecule has 0 aromatic carbocycles. The van der Waals surface area contributed by atoms with Gasteiger partial charge in [0.1, 0.15) is 11.3 Å². The van der Waals surface area contributed by atoms with Crippen molar-refractivity contribution in [1.82, 2.24) is 5.28 Å². The minimum Gasteiger partial charge on any atom is -0.151 e. The van der Waals surface area contributed by atoms with Crippen molar-refractivity contribution in [2.75, 3.05) is 0 Å². The Hall–Kier alpha value is -0.860. The van der Waals surface area contributed by atoms with E-state index in [9.17, 15) is 0 Å². The van der Waals surface area contributed by atoms with E-state index in [1.165, 1.54) is 12.5 Å². The van der Waals surface area contributed by atoms with E-state index in [1.54, 1.807) is 0 Å². The van der Waals surface area contributed by atoms with Gasteiger partial charge in [-0.3, -0.25) is 0 Å². The highest BCUT2D eigenvalue weighted by atomic mass is 16.6. The van der Waals surface area contributed by atoms with Crippen LogP contribution in [0.5, 0.6) is 0 Å². The van der Waals surface area contributed by atoms with Gasteiger partial charge in [0.05, 0.1) is 0 Å². The summed E-state index contributed by atoms with van der Waals surface area (Å²) in [6, 6.07) is 0. The smallest absolute Gasteiger partial charge is 0.151 e. The monoisotopic (exact) mass is 70.0 g/mol. The summed E-state index contributed by atoms with van der Waals surface area (Å²) in [6.07, 6.45) is 2.88. The average molecular weight is 70.1 g/mol. The lowest BCUT2D eigenvalue weighted by Gasteiger charge is -1.43. The average Bonchev–Trinajstić information content (AvgIpc) is 1.76. The van der Waals surface area contributed by atoms with Gasteiger partial charge in [0, 0.05) is 0 Å². The van der Waals surface area contributed by atoms with Crippen LogP contribution < -0.4 is 5.28 Å². The SMILES string of the molecule is C1=CO[N+]=N1. The van der Waals surface area contributed by atoms with Gasteiger partial charge in [-0.25, -0.2) is 0 Å². The van der Waals surface area contributed by atoms with E-state index in [2.05, 4.69) is 15.2 Å². The molecule has 0 saturated heterocycles. The van der Waals surface area contributed by atoms with Crippen molar-refractivity contribution in [2.24, 2.45) is 5.11 Å². The van der Waals surface area contributed by atoms with E-state index in [1.807, 2.05) is 0 Å². The molecule has 25 valence electrons. The lowest BCUT2D eigenvalue weighted by Crippen LogP contribution is -1.68. The normalized spacial score (nSPS) is 16.0. The van der Waals surface area contributed by atoms with Crippen LogP contribution in [-0.2, 0) is 4.84 Å². The summed E-state index contributed by atoms with van der Waals surface area (Å²) in [5.41, 5.74) is 0. The molecule has 1 aliphatic rings. The van der Waals surface area contributed by atoms with Crippen molar-refractivity contribution >= 4 is 0 Å². The predicted molar refractivity (Wildman–Crippen MR) is 14.8 cm³/mol. The van der Waals surface area contributed by atoms with E-state index >= 15 is 0 Å². The Morgan fingerprint density at radius 2 is 2.80 bits per heavy atom. The topological polar surface area (TPSA) is 35.7 Å². The molecule has 0 aromatic heterocycles. The zero-order valence-electron chi connectivity index (χ0n) is 2.46. The molecule has 5 heavy (non-hydrogen) atoms. The Morgan fingerprint density at radius 1 is 1.80 bits per heavy atom. The standard InChI is InChI=1S/C2H2N2O/c1-2-5-4-3-1/h1-2H/q+1. The lowest BCUT2D eigenvalue weighted by molar-refractivity contribution is 0.199. The van der Waals surface area contributed by atoms with Crippen molar-refractivity contribution in [3.8, 4) is 0 Å². The molecule has 0 aromatic rings. The molecular weight excluding hydrogens is 68.0 g/mol. The highest BCUT2D eigenvalue weighted by Gasteiger charge is 1.94. The van der Waals surface area contributed by atoms with Gasteiger partial charge >= 0.3 is 5.28 Å². The van der Waals surface area contributed by atoms with Crippen LogP contribution in [0, 0.1) is 0 Å². The summed E-state index contributed by atoms with van der Waals surface area (Å²) in [4.78, 5) is 4.22. The highest BCUT2D eigenvalue weighted by Crippen LogP contribution is 1.79. The van der Waals surface area contributed by atoms with Crippen LogP contribution in [0.2, 0.25) is 0 Å². The fraction of sp³-hybridized carbons (Fsp3) is 0. The fourth-order valence-corrected chi connectivity index (χ4v) is 0.136. The van der Waals surface area contributed by atoms with Crippen molar-refractivity contribution in [1.29, 1.82) is 0 Å². The third-order valence-electron chi connectivity index (χ3n) is 0.283. The number of hydrogen-bond acceptors (Lipinski definition) is 3. The first kappa shape index (κ1) is 2.38. The largest absolute Gasteiger partial charge is 0.466 e. The molecule has 0 bridgehead atoms. The molecule has 0 fully saturated rings. The molecule has 0 amide bonds. The minimum atomic E-state index is 1.40. The molecule has 0 saturated carbocycles. The van der Waals surface area contributed by atoms with Gasteiger partial charge in [-0.2, -0.15) is 4.84 Å². The molecule has 1 rings (SSSR count). The summed E-state index contributed by atoms with van der Waals surface area (Å²) < 4.78 is 0. The van der Waals surface area contributed by atoms with E-state index in [0.29, 0.717) is 0 Å². The second-order valence-electron chi connectivity index (χ2n) is 0.588. The molecule has 0 spiro atoms. The third kappa shape index (κ3) is 0.238. The molecule has 1 aliphatic heterocycles. The van der Waals surface area contributed by atoms with Crippen molar-refractivity contribution in [3.63, 3.8) is 0 Å². The van der Waals surface area contributed by atoms with E-state index in [-0.39, 0.29) is 0 Å². The van der Waals surface area contributed by atoms with Crippen molar-refractivity contribution in [2.45, 2.75) is 0 Å². The van der Waals surface area contributed by atoms with Crippen molar-refractivity contribution < 1.29 is 4.84 Å². The van der Waals surface area contributed by atoms with E-state index in [4.69, 9.17) is 0 Å². The molecule has 0 N–H and O–H groups in total. The van der Waals surface area contributed by atoms with Crippen LogP contribution in [-0.4, -0.2) is 0 Å². The summed E-state index contributed by atoms with van der Waals surface area (Å²) >= 11 is 0. The highest BCUT2D eigenvalue weighted by molar-refractivity contribution is 4.68. The molecule has 1 radical (unpaired) electrons. The quantitative estimate of drug-likeness (QED) is 0.400. The van der Waals surface area contributed by atoms with Gasteiger partial charge in [0.25, 0.3) is 0 Å². The van der Waals surface area contributed by atoms with Crippen LogP contribution in [0.15, 0.2) is 17.6 Å². The maximum absolute atomic E-state index is 4.22. The maximum Gasteiger partial charge on any atom is 0.466 e. The van der Waals surface area contributed by atoms with Gasteiger partial charge < -0.3 is 0 Å². The third-order valence-corrected chi connectivity index (χ3v) is 0.283. The Kier molecular flexibility index (Phi) is 0.400. The number of nitrogens with zero attached hydrogens (tertiary/aromatic N) is 2. The van der Waals surface area contributed by atoms with Crippen LogP contribution >= 0.6 is 0 Å². The Balaban J connectivity index is 2.61. The zero-order chi connectivity index (χ0) is 3.54. The van der Waals surface area contributed by atoms with Gasteiger partial charge in [-0.15, -0.1) is 0 Å². The molecule has 0 atom stereocenters. The first-order chi connectivity index (χ1) is 2.50. The summed E-state index contributed by atoms with van der Waals surface area (Å²) in [6.45, 7) is 0. The lowest BCUT2D eigenvalue weighted by atomic mass is 11.0. The molecule has 3 heteroatoms. The van der Waals surface area contributed by atoms with Gasteiger partial charge in [0.2, 0.25) is 6.26 Å². The van der Waals surface area contributed by atoms with Crippen LogP contribution in [0.3, 0.4) is 0 Å². The Labute approximate surface area is 28.9 Å². The first-order valence-corrected chi connectivity index (χ1v) is 1.21. The Bertz CT molecular complexity index is 65.7. The number of hydrogen-bond donors (Lipinski definition) is 0. The van der Waals surface area contributed by atoms with E-state index < -0.39 is 0 Å². The maximum atomic E-state index is 4.22. The second-order valence-corrected chi connectivity index (χ2v) is 0.588. The summed E-state index contributed by atoms with van der Waals surface area (Å²) in [5, 5.41) is 6.40. The zero-order valence-corrected chi connectivity index (χ0v) is 2.46. The Morgan fingerprint density at radius 3 is 3.00 bits per heavy atom. The van der Waals surface area contributed by atoms with Gasteiger partial charge in [-0.1, -0.05) is 0 Å². The summed E-state index contributed by atoms with van der Waals surface area (Å²) in [7, 11) is 0. The second kappa shape index (κ2) is 0.839. The molecule has 3 nitrogen and oxygen atoms in total. The predicted octanol–water partition coefficient (Wildman–Crippen LogP) is 0.191. The molecular formula is C2H2N2O+. The fourth-order valence-electron chi connectivity index (χ4n) is 0.136. The van der Waals surface area contributed by atoms with Crippen LogP contribution in [0.4, 0.5) is 0 Å². The molecule has 0 aliphatic carbocycles. The minimum absolute atomic E-state index is 1.40.